The van der Waals surface area contributed by atoms with Crippen molar-refractivity contribution < 1.29 is 5.11 Å². The molecule has 3 heterocycles. The molecular weight excluding hydrogens is 396 g/mol. The number of nitrogens with one attached hydrogen (secondary N) is 1. The van der Waals surface area contributed by atoms with Crippen molar-refractivity contribution >= 4 is 33.9 Å². The summed E-state index contributed by atoms with van der Waals surface area (Å²) in [6, 6.07) is 13.4. The van der Waals surface area contributed by atoms with Gasteiger partial charge in [0.15, 0.2) is 0 Å². The molecule has 1 atom stereocenters. The minimum Gasteiger partial charge on any atom is -0.508 e. The van der Waals surface area contributed by atoms with Gasteiger partial charge in [0.25, 0.3) is 0 Å². The number of hydrogen-bond donors (Lipinski definition) is 2. The van der Waals surface area contributed by atoms with Crippen LogP contribution in [-0.2, 0) is 6.54 Å². The van der Waals surface area contributed by atoms with Crippen molar-refractivity contribution in [2.45, 2.75) is 25.0 Å². The van der Waals surface area contributed by atoms with Crippen LogP contribution in [-0.4, -0.2) is 45.7 Å². The molecule has 1 aromatic heterocycles. The fourth-order valence-electron chi connectivity index (χ4n) is 4.80. The second-order valence-electron chi connectivity index (χ2n) is 8.18. The van der Waals surface area contributed by atoms with Gasteiger partial charge in [0.2, 0.25) is 0 Å². The van der Waals surface area contributed by atoms with E-state index >= 15 is 0 Å². The molecule has 5 rings (SSSR count). The lowest BCUT2D eigenvalue weighted by Gasteiger charge is -2.40. The van der Waals surface area contributed by atoms with E-state index in [2.05, 4.69) is 39.3 Å². The van der Waals surface area contributed by atoms with Crippen LogP contribution in [0.5, 0.6) is 5.75 Å². The topological polar surface area (TPSA) is 51.6 Å². The van der Waals surface area contributed by atoms with Gasteiger partial charge in [0.05, 0.1) is 11.2 Å². The zero-order valence-corrected chi connectivity index (χ0v) is 17.7. The molecule has 2 aliphatic heterocycles. The van der Waals surface area contributed by atoms with Crippen molar-refractivity contribution in [3.8, 4) is 5.75 Å². The summed E-state index contributed by atoms with van der Waals surface area (Å²) in [6.07, 6.45) is 8.70. The Balaban J connectivity index is 1.36. The highest BCUT2D eigenvalue weighted by Gasteiger charge is 2.44. The molecule has 0 bridgehead atoms. The zero-order chi connectivity index (χ0) is 20.7. The number of aromatic nitrogens is 1. The van der Waals surface area contributed by atoms with E-state index in [1.165, 1.54) is 6.42 Å². The Morgan fingerprint density at radius 2 is 2.13 bits per heavy atom. The number of pyridine rings is 1. The summed E-state index contributed by atoms with van der Waals surface area (Å²) in [5.74, 6) is 0.302. The van der Waals surface area contributed by atoms with Gasteiger partial charge < -0.3 is 10.4 Å². The maximum atomic E-state index is 10.7. The van der Waals surface area contributed by atoms with Gasteiger partial charge in [0, 0.05) is 59.2 Å². The maximum Gasteiger partial charge on any atom is 0.122 e. The number of phenolic OH excluding ortho intramolecular Hbond substituents is 1. The molecular formula is C24H25ClN4O. The first-order chi connectivity index (χ1) is 14.5. The van der Waals surface area contributed by atoms with Gasteiger partial charge in [-0.3, -0.25) is 14.8 Å². The zero-order valence-electron chi connectivity index (χ0n) is 17.0. The van der Waals surface area contributed by atoms with Crippen LogP contribution in [0.3, 0.4) is 0 Å². The Bertz CT molecular complexity index is 1130. The molecule has 0 radical (unpaired) electrons. The van der Waals surface area contributed by atoms with Crippen molar-refractivity contribution in [1.82, 2.24) is 14.8 Å². The number of hydrogen-bond acceptors (Lipinski definition) is 5. The van der Waals surface area contributed by atoms with Crippen molar-refractivity contribution in [2.75, 3.05) is 25.5 Å². The van der Waals surface area contributed by atoms with Gasteiger partial charge >= 0.3 is 0 Å². The molecule has 154 valence electrons. The molecule has 5 nitrogen and oxygen atoms in total. The third-order valence-electron chi connectivity index (χ3n) is 6.37. The predicted molar refractivity (Wildman–Crippen MR) is 122 cm³/mol. The van der Waals surface area contributed by atoms with Crippen LogP contribution in [0.1, 0.15) is 18.4 Å². The molecule has 2 N–H and O–H groups in total. The molecule has 0 spiro atoms. The maximum absolute atomic E-state index is 10.7. The first-order valence-electron chi connectivity index (χ1n) is 10.3. The molecule has 0 saturated carbocycles. The molecule has 1 unspecified atom stereocenters. The average Bonchev–Trinajstić information content (AvgIpc) is 3.31. The van der Waals surface area contributed by atoms with E-state index < -0.39 is 0 Å². The number of likely N-dealkylation sites (N-methyl/N-ethyl adjacent to an activating group) is 1. The van der Waals surface area contributed by atoms with Gasteiger partial charge in [-0.2, -0.15) is 0 Å². The van der Waals surface area contributed by atoms with Crippen LogP contribution in [0.25, 0.3) is 10.9 Å². The Morgan fingerprint density at radius 3 is 3.00 bits per heavy atom. The summed E-state index contributed by atoms with van der Waals surface area (Å²) >= 11 is 6.09. The van der Waals surface area contributed by atoms with Crippen LogP contribution in [0.2, 0.25) is 5.02 Å². The lowest BCUT2D eigenvalue weighted by atomic mass is 10.0. The van der Waals surface area contributed by atoms with Crippen LogP contribution in [0, 0.1) is 0 Å². The van der Waals surface area contributed by atoms with E-state index in [1.807, 2.05) is 36.4 Å². The fourth-order valence-corrected chi connectivity index (χ4v) is 4.97. The lowest BCUT2D eigenvalue weighted by molar-refractivity contribution is 0.0415. The SMILES string of the molecule is CN(Cc1ccc(Nc2ccnc3cc(Cl)ccc23)cc1O)C12C=CCN1CCC2. The number of halogens is 1. The molecule has 0 amide bonds. The highest BCUT2D eigenvalue weighted by atomic mass is 35.5. The summed E-state index contributed by atoms with van der Waals surface area (Å²) in [7, 11) is 2.15. The Kier molecular flexibility index (Phi) is 4.89. The monoisotopic (exact) mass is 420 g/mol. The molecule has 1 fully saturated rings. The third-order valence-corrected chi connectivity index (χ3v) is 6.60. The molecule has 2 aromatic carbocycles. The number of nitrogens with zero attached hydrogens (tertiary/aromatic N) is 3. The third kappa shape index (κ3) is 3.33. The smallest absolute Gasteiger partial charge is 0.122 e. The summed E-state index contributed by atoms with van der Waals surface area (Å²) in [4.78, 5) is 9.25. The first kappa shape index (κ1) is 19.4. The van der Waals surface area contributed by atoms with Crippen molar-refractivity contribution in [3.63, 3.8) is 0 Å². The van der Waals surface area contributed by atoms with Gasteiger partial charge in [-0.1, -0.05) is 29.8 Å². The van der Waals surface area contributed by atoms with Crippen LogP contribution in [0.15, 0.2) is 60.8 Å². The van der Waals surface area contributed by atoms with Gasteiger partial charge in [-0.05, 0) is 50.2 Å². The van der Waals surface area contributed by atoms with Gasteiger partial charge in [-0.15, -0.1) is 0 Å². The molecule has 2 aliphatic rings. The average molecular weight is 421 g/mol. The summed E-state index contributed by atoms with van der Waals surface area (Å²) in [6.45, 7) is 2.85. The molecule has 30 heavy (non-hydrogen) atoms. The van der Waals surface area contributed by atoms with Crippen molar-refractivity contribution in [2.24, 2.45) is 0 Å². The summed E-state index contributed by atoms with van der Waals surface area (Å²) in [5.41, 5.74) is 3.52. The Labute approximate surface area is 181 Å². The highest BCUT2D eigenvalue weighted by Crippen LogP contribution is 2.38. The van der Waals surface area contributed by atoms with Crippen LogP contribution < -0.4 is 5.32 Å². The highest BCUT2D eigenvalue weighted by molar-refractivity contribution is 6.31. The Morgan fingerprint density at radius 1 is 1.23 bits per heavy atom. The Hall–Kier alpha value is -2.60. The normalized spacial score (nSPS) is 20.9. The van der Waals surface area contributed by atoms with Crippen LogP contribution in [0.4, 0.5) is 11.4 Å². The molecule has 3 aromatic rings. The van der Waals surface area contributed by atoms with Crippen molar-refractivity contribution in [3.05, 3.63) is 71.4 Å². The minimum atomic E-state index is 0.000585. The second kappa shape index (κ2) is 7.58. The standard InChI is InChI=1S/C24H25ClN4O/c1-28(24-9-2-12-29(24)13-3-10-24)16-17-4-6-19(15-23(17)30)27-21-8-11-26-22-14-18(25)5-7-20(21)22/h2,4-9,11,14-15,30H,3,10,12-13,16H2,1H3,(H,26,27). The van der Waals surface area contributed by atoms with Gasteiger partial charge in [0.1, 0.15) is 5.75 Å². The first-order valence-corrected chi connectivity index (χ1v) is 10.7. The van der Waals surface area contributed by atoms with E-state index in [1.54, 1.807) is 12.3 Å². The minimum absolute atomic E-state index is 0.000585. The van der Waals surface area contributed by atoms with Gasteiger partial charge in [-0.25, -0.2) is 0 Å². The number of rotatable bonds is 5. The summed E-state index contributed by atoms with van der Waals surface area (Å²) in [5, 5.41) is 15.8. The van der Waals surface area contributed by atoms with E-state index in [4.69, 9.17) is 11.6 Å². The largest absolute Gasteiger partial charge is 0.508 e. The molecule has 6 heteroatoms. The van der Waals surface area contributed by atoms with Crippen LogP contribution >= 0.6 is 11.6 Å². The van der Waals surface area contributed by atoms with E-state index in [0.29, 0.717) is 17.3 Å². The van der Waals surface area contributed by atoms with E-state index in [9.17, 15) is 5.11 Å². The second-order valence-corrected chi connectivity index (χ2v) is 8.61. The van der Waals surface area contributed by atoms with E-state index in [-0.39, 0.29) is 5.66 Å². The number of anilines is 2. The number of benzene rings is 2. The predicted octanol–water partition coefficient (Wildman–Crippen LogP) is 5.13. The summed E-state index contributed by atoms with van der Waals surface area (Å²) < 4.78 is 0. The van der Waals surface area contributed by atoms with E-state index in [0.717, 1.165) is 47.4 Å². The number of fused-ring (bicyclic) bond motifs is 2. The molecule has 1 saturated heterocycles. The quantitative estimate of drug-likeness (QED) is 0.560. The number of aromatic hydroxyl groups is 1. The fraction of sp³-hybridized carbons (Fsp3) is 0.292. The molecule has 0 aliphatic carbocycles. The van der Waals surface area contributed by atoms with Crippen molar-refractivity contribution in [1.29, 1.82) is 0 Å². The number of phenols is 1. The lowest BCUT2D eigenvalue weighted by Crippen LogP contribution is -2.51.